The van der Waals surface area contributed by atoms with Crippen LogP contribution in [0.5, 0.6) is 6.01 Å². The van der Waals surface area contributed by atoms with E-state index in [0.717, 1.165) is 54.9 Å². The van der Waals surface area contributed by atoms with Gasteiger partial charge in [-0.25, -0.2) is 19.9 Å². The zero-order valence-corrected chi connectivity index (χ0v) is 20.5. The van der Waals surface area contributed by atoms with Crippen LogP contribution < -0.4 is 15.0 Å². The van der Waals surface area contributed by atoms with Crippen molar-refractivity contribution >= 4 is 34.0 Å². The van der Waals surface area contributed by atoms with Crippen molar-refractivity contribution in [1.29, 1.82) is 0 Å². The van der Waals surface area contributed by atoms with E-state index in [-0.39, 0.29) is 12.0 Å². The Hall–Kier alpha value is -3.14. The van der Waals surface area contributed by atoms with Crippen LogP contribution in [0.4, 0.5) is 16.8 Å². The minimum atomic E-state index is 0.139. The van der Waals surface area contributed by atoms with Crippen LogP contribution in [0, 0.1) is 5.41 Å². The molecule has 4 heterocycles. The Morgan fingerprint density at radius 1 is 1.00 bits per heavy atom. The summed E-state index contributed by atoms with van der Waals surface area (Å²) in [6.07, 6.45) is 18.2. The molecule has 0 aromatic carbocycles. The van der Waals surface area contributed by atoms with Gasteiger partial charge in [-0.05, 0) is 62.8 Å². The van der Waals surface area contributed by atoms with Gasteiger partial charge >= 0.3 is 6.01 Å². The number of hydrogen-bond donors (Lipinski definition) is 1. The number of carbonyl (C=O) groups is 1. The van der Waals surface area contributed by atoms with E-state index in [9.17, 15) is 4.79 Å². The Bertz CT molecular complexity index is 1180. The molecule has 1 saturated heterocycles. The van der Waals surface area contributed by atoms with Crippen LogP contribution >= 0.6 is 11.3 Å². The summed E-state index contributed by atoms with van der Waals surface area (Å²) < 4.78 is 6.12. The van der Waals surface area contributed by atoms with E-state index in [4.69, 9.17) is 4.74 Å². The van der Waals surface area contributed by atoms with Crippen LogP contribution in [0.1, 0.15) is 64.2 Å². The summed E-state index contributed by atoms with van der Waals surface area (Å²) in [5.41, 5.74) is 2.16. The molecule has 3 fully saturated rings. The molecular formula is C25H29N7O2S. The van der Waals surface area contributed by atoms with Gasteiger partial charge in [-0.3, -0.25) is 4.79 Å². The summed E-state index contributed by atoms with van der Waals surface area (Å²) in [7, 11) is 0. The minimum absolute atomic E-state index is 0.139. The van der Waals surface area contributed by atoms with Crippen molar-refractivity contribution in [3.8, 4) is 16.6 Å². The third-order valence-corrected chi connectivity index (χ3v) is 8.29. The van der Waals surface area contributed by atoms with Crippen molar-refractivity contribution in [3.05, 3.63) is 30.9 Å². The van der Waals surface area contributed by atoms with E-state index in [2.05, 4.69) is 30.2 Å². The van der Waals surface area contributed by atoms with Crippen LogP contribution in [-0.4, -0.2) is 43.5 Å². The second-order valence-corrected chi connectivity index (χ2v) is 10.8. The maximum absolute atomic E-state index is 12.3. The third-order valence-electron chi connectivity index (χ3n) is 7.36. The average molecular weight is 492 g/mol. The highest BCUT2D eigenvalue weighted by Gasteiger charge is 2.45. The van der Waals surface area contributed by atoms with Crippen molar-refractivity contribution in [2.75, 3.05) is 16.8 Å². The molecule has 3 aromatic heterocycles. The lowest BCUT2D eigenvalue weighted by Crippen LogP contribution is -2.30. The van der Waals surface area contributed by atoms with E-state index in [1.807, 2.05) is 6.07 Å². The van der Waals surface area contributed by atoms with Gasteiger partial charge in [0, 0.05) is 25.4 Å². The van der Waals surface area contributed by atoms with Crippen LogP contribution in [0.3, 0.4) is 0 Å². The Balaban J connectivity index is 1.09. The number of aromatic nitrogens is 5. The van der Waals surface area contributed by atoms with Crippen molar-refractivity contribution in [2.24, 2.45) is 5.41 Å². The summed E-state index contributed by atoms with van der Waals surface area (Å²) in [5.74, 6) is 0.578. The fraction of sp³-hybridized carbons (Fsp3) is 0.520. The lowest BCUT2D eigenvalue weighted by atomic mass is 9.85. The molecule has 0 bridgehead atoms. The van der Waals surface area contributed by atoms with E-state index in [1.54, 1.807) is 29.7 Å². The third kappa shape index (κ3) is 5.12. The minimum Gasteiger partial charge on any atom is -0.460 e. The summed E-state index contributed by atoms with van der Waals surface area (Å²) in [4.78, 5) is 37.2. The average Bonchev–Trinajstić information content (AvgIpc) is 3.54. The fourth-order valence-corrected chi connectivity index (χ4v) is 5.79. The molecule has 9 nitrogen and oxygen atoms in total. The molecule has 2 aliphatic carbocycles. The molecule has 1 N–H and O–H groups in total. The molecule has 35 heavy (non-hydrogen) atoms. The van der Waals surface area contributed by atoms with Gasteiger partial charge in [0.1, 0.15) is 6.10 Å². The van der Waals surface area contributed by atoms with E-state index in [1.165, 1.54) is 37.0 Å². The molecule has 10 heteroatoms. The van der Waals surface area contributed by atoms with Gasteiger partial charge in [0.25, 0.3) is 0 Å². The molecule has 182 valence electrons. The van der Waals surface area contributed by atoms with Gasteiger partial charge in [0.2, 0.25) is 11.9 Å². The first-order chi connectivity index (χ1) is 17.2. The topological polar surface area (TPSA) is 106 Å². The second-order valence-electron chi connectivity index (χ2n) is 9.82. The standard InChI is InChI=1S/C25H29N7O2S/c33-21-4-2-1-3-13-32(21)17-14-27-22(28-15-17)31-24-29-16-20(35-24)19-7-12-26-23(30-19)34-18-5-8-25(9-6-18)10-11-25/h7,12,14-16,18H,1-6,8-11,13H2,(H,27,28,29,31). The SMILES string of the molecule is O=C1CCCCCN1c1cnc(Nc2ncc(-c3ccnc(OC4CCC5(CC4)CC5)n3)s2)nc1. The van der Waals surface area contributed by atoms with Crippen molar-refractivity contribution in [2.45, 2.75) is 70.3 Å². The molecule has 3 aliphatic rings. The van der Waals surface area contributed by atoms with Gasteiger partial charge in [0.15, 0.2) is 5.13 Å². The lowest BCUT2D eigenvalue weighted by molar-refractivity contribution is -0.118. The van der Waals surface area contributed by atoms with Gasteiger partial charge in [-0.2, -0.15) is 4.98 Å². The monoisotopic (exact) mass is 491 g/mol. The van der Waals surface area contributed by atoms with Crippen molar-refractivity contribution in [3.63, 3.8) is 0 Å². The first-order valence-electron chi connectivity index (χ1n) is 12.5. The molecule has 1 amide bonds. The van der Waals surface area contributed by atoms with Gasteiger partial charge in [-0.15, -0.1) is 0 Å². The summed E-state index contributed by atoms with van der Waals surface area (Å²) >= 11 is 1.47. The first-order valence-corrected chi connectivity index (χ1v) is 13.3. The van der Waals surface area contributed by atoms with E-state index < -0.39 is 0 Å². The van der Waals surface area contributed by atoms with E-state index >= 15 is 0 Å². The summed E-state index contributed by atoms with van der Waals surface area (Å²) in [6.45, 7) is 0.719. The molecular weight excluding hydrogens is 462 g/mol. The Kier molecular flexibility index (Phi) is 6.05. The number of ether oxygens (including phenoxy) is 1. The van der Waals surface area contributed by atoms with E-state index in [0.29, 0.717) is 28.9 Å². The van der Waals surface area contributed by atoms with Crippen molar-refractivity contribution < 1.29 is 9.53 Å². The highest BCUT2D eigenvalue weighted by Crippen LogP contribution is 2.56. The number of hydrogen-bond acceptors (Lipinski definition) is 9. The molecule has 1 aliphatic heterocycles. The van der Waals surface area contributed by atoms with Crippen LogP contribution in [0.25, 0.3) is 10.6 Å². The predicted octanol–water partition coefficient (Wildman–Crippen LogP) is 5.14. The smallest absolute Gasteiger partial charge is 0.317 e. The second kappa shape index (κ2) is 9.49. The van der Waals surface area contributed by atoms with Crippen LogP contribution in [-0.2, 0) is 4.79 Å². The molecule has 1 spiro atoms. The summed E-state index contributed by atoms with van der Waals surface area (Å²) in [6, 6.07) is 2.30. The molecule has 6 rings (SSSR count). The zero-order chi connectivity index (χ0) is 23.7. The first kappa shape index (κ1) is 22.3. The predicted molar refractivity (Wildman–Crippen MR) is 134 cm³/mol. The lowest BCUT2D eigenvalue weighted by Gasteiger charge is -2.28. The zero-order valence-electron chi connectivity index (χ0n) is 19.7. The molecule has 0 unspecified atom stereocenters. The van der Waals surface area contributed by atoms with Crippen LogP contribution in [0.15, 0.2) is 30.9 Å². The molecule has 2 saturated carbocycles. The highest BCUT2D eigenvalue weighted by molar-refractivity contribution is 7.18. The summed E-state index contributed by atoms with van der Waals surface area (Å²) in [5, 5.41) is 3.82. The Morgan fingerprint density at radius 2 is 1.83 bits per heavy atom. The number of rotatable bonds is 6. The number of amides is 1. The quantitative estimate of drug-likeness (QED) is 0.505. The number of nitrogens with one attached hydrogen (secondary N) is 1. The van der Waals surface area contributed by atoms with Crippen molar-refractivity contribution in [1.82, 2.24) is 24.9 Å². The largest absolute Gasteiger partial charge is 0.460 e. The number of thiazole rings is 1. The molecule has 3 aromatic rings. The van der Waals surface area contributed by atoms with Gasteiger partial charge in [0.05, 0.1) is 28.7 Å². The highest BCUT2D eigenvalue weighted by atomic mass is 32.1. The Morgan fingerprint density at radius 3 is 2.63 bits per heavy atom. The molecule has 0 radical (unpaired) electrons. The fourth-order valence-electron chi connectivity index (χ4n) is 5.01. The number of anilines is 3. The van der Waals surface area contributed by atoms with Gasteiger partial charge in [-0.1, -0.05) is 17.8 Å². The van der Waals surface area contributed by atoms with Crippen LogP contribution in [0.2, 0.25) is 0 Å². The van der Waals surface area contributed by atoms with Gasteiger partial charge < -0.3 is 15.0 Å². The molecule has 0 atom stereocenters. The number of nitrogens with zero attached hydrogens (tertiary/aromatic N) is 6. The maximum atomic E-state index is 12.3. The number of carbonyl (C=O) groups excluding carboxylic acids is 1. The maximum Gasteiger partial charge on any atom is 0.317 e. The normalized spacial score (nSPS) is 20.0. The Labute approximate surface area is 208 Å².